The van der Waals surface area contributed by atoms with Gasteiger partial charge in [0.05, 0.1) is 7.11 Å². The summed E-state index contributed by atoms with van der Waals surface area (Å²) in [5.74, 6) is 0.896. The van der Waals surface area contributed by atoms with Crippen molar-refractivity contribution in [2.75, 3.05) is 7.11 Å². The van der Waals surface area contributed by atoms with Crippen LogP contribution in [0.2, 0.25) is 0 Å². The minimum absolute atomic E-state index is 0.134. The van der Waals surface area contributed by atoms with Crippen LogP contribution >= 0.6 is 0 Å². The highest BCUT2D eigenvalue weighted by atomic mass is 16.5. The van der Waals surface area contributed by atoms with E-state index in [1.165, 1.54) is 16.7 Å². The van der Waals surface area contributed by atoms with E-state index in [-0.39, 0.29) is 5.41 Å². The van der Waals surface area contributed by atoms with Crippen LogP contribution in [-0.2, 0) is 5.41 Å². The van der Waals surface area contributed by atoms with Crippen LogP contribution < -0.4 is 4.74 Å². The van der Waals surface area contributed by atoms with Crippen molar-refractivity contribution in [3.63, 3.8) is 0 Å². The predicted molar refractivity (Wildman–Crippen MR) is 104 cm³/mol. The Hall–Kier alpha value is -2.28. The molecule has 0 saturated carbocycles. The van der Waals surface area contributed by atoms with Crippen molar-refractivity contribution in [1.29, 1.82) is 0 Å². The maximum absolute atomic E-state index is 5.30. The van der Waals surface area contributed by atoms with Crippen molar-refractivity contribution in [3.05, 3.63) is 89.5 Å². The Balaban J connectivity index is 0.00000100. The van der Waals surface area contributed by atoms with Gasteiger partial charge in [-0.15, -0.1) is 0 Å². The number of hydrogen-bond acceptors (Lipinski definition) is 1. The minimum Gasteiger partial charge on any atom is -0.497 e. The molecule has 1 atom stereocenters. The zero-order valence-corrected chi connectivity index (χ0v) is 15.3. The van der Waals surface area contributed by atoms with Crippen LogP contribution in [0.15, 0.2) is 78.4 Å². The smallest absolute Gasteiger partial charge is 0.118 e. The summed E-state index contributed by atoms with van der Waals surface area (Å²) < 4.78 is 5.30. The van der Waals surface area contributed by atoms with E-state index in [0.717, 1.165) is 18.6 Å². The molecule has 1 nitrogen and oxygen atoms in total. The third kappa shape index (κ3) is 3.62. The van der Waals surface area contributed by atoms with Gasteiger partial charge in [-0.25, -0.2) is 0 Å². The van der Waals surface area contributed by atoms with Gasteiger partial charge in [0, 0.05) is 5.41 Å². The summed E-state index contributed by atoms with van der Waals surface area (Å²) in [5, 5.41) is 0. The molecule has 0 N–H and O–H groups in total. The molecule has 0 fully saturated rings. The highest BCUT2D eigenvalue weighted by Crippen LogP contribution is 2.41. The van der Waals surface area contributed by atoms with Gasteiger partial charge in [-0.2, -0.15) is 0 Å². The van der Waals surface area contributed by atoms with Gasteiger partial charge in [0.15, 0.2) is 0 Å². The van der Waals surface area contributed by atoms with Gasteiger partial charge in [-0.3, -0.25) is 0 Å². The Morgan fingerprint density at radius 2 is 1.46 bits per heavy atom. The lowest BCUT2D eigenvalue weighted by atomic mass is 9.69. The maximum Gasteiger partial charge on any atom is 0.118 e. The Kier molecular flexibility index (Phi) is 6.43. The first-order chi connectivity index (χ1) is 11.7. The minimum atomic E-state index is -0.134. The van der Waals surface area contributed by atoms with Crippen molar-refractivity contribution < 1.29 is 4.74 Å². The maximum atomic E-state index is 5.30. The lowest BCUT2D eigenvalue weighted by Crippen LogP contribution is -2.26. The SMILES string of the molecule is CC.COc1ccc(C(C)(C2=CCCC=C2)c2ccccc2)cc1. The quantitative estimate of drug-likeness (QED) is 0.642. The topological polar surface area (TPSA) is 9.23 Å². The fraction of sp³-hybridized carbons (Fsp3) is 0.304. The molecule has 0 bridgehead atoms. The standard InChI is InChI=1S/C21H22O.C2H6/c1-21(17-9-5-3-6-10-17,18-11-7-4-8-12-18)19-13-15-20(22-2)16-14-19;1-2/h3,5-7,9-16H,4,8H2,1-2H3;1-2H3. The molecule has 0 amide bonds. The van der Waals surface area contributed by atoms with Gasteiger partial charge in [0.1, 0.15) is 5.75 Å². The first-order valence-corrected chi connectivity index (χ1v) is 8.82. The van der Waals surface area contributed by atoms with E-state index in [4.69, 9.17) is 4.74 Å². The first-order valence-electron chi connectivity index (χ1n) is 8.82. The van der Waals surface area contributed by atoms with E-state index in [1.807, 2.05) is 26.0 Å². The lowest BCUT2D eigenvalue weighted by Gasteiger charge is -2.34. The highest BCUT2D eigenvalue weighted by Gasteiger charge is 2.32. The fourth-order valence-electron chi connectivity index (χ4n) is 3.18. The lowest BCUT2D eigenvalue weighted by molar-refractivity contribution is 0.414. The Morgan fingerprint density at radius 1 is 0.833 bits per heavy atom. The number of methoxy groups -OCH3 is 1. The average molecular weight is 320 g/mol. The number of ether oxygens (including phenoxy) is 1. The first kappa shape index (κ1) is 18.1. The number of benzene rings is 2. The van der Waals surface area contributed by atoms with Crippen molar-refractivity contribution in [1.82, 2.24) is 0 Å². The molecule has 0 heterocycles. The number of rotatable bonds is 4. The molecule has 0 radical (unpaired) electrons. The van der Waals surface area contributed by atoms with Crippen molar-refractivity contribution in [3.8, 4) is 5.75 Å². The van der Waals surface area contributed by atoms with E-state index >= 15 is 0 Å². The zero-order chi connectivity index (χ0) is 17.4. The van der Waals surface area contributed by atoms with Gasteiger partial charge in [0.25, 0.3) is 0 Å². The fourth-order valence-corrected chi connectivity index (χ4v) is 3.18. The van der Waals surface area contributed by atoms with E-state index < -0.39 is 0 Å². The van der Waals surface area contributed by atoms with Crippen molar-refractivity contribution >= 4 is 0 Å². The molecule has 3 rings (SSSR count). The molecule has 0 aromatic heterocycles. The van der Waals surface area contributed by atoms with Crippen molar-refractivity contribution in [2.24, 2.45) is 0 Å². The van der Waals surface area contributed by atoms with Crippen LogP contribution in [0.25, 0.3) is 0 Å². The Morgan fingerprint density at radius 3 is 2.00 bits per heavy atom. The summed E-state index contributed by atoms with van der Waals surface area (Å²) in [4.78, 5) is 0. The van der Waals surface area contributed by atoms with Gasteiger partial charge >= 0.3 is 0 Å². The average Bonchev–Trinajstić information content (AvgIpc) is 2.70. The van der Waals surface area contributed by atoms with Crippen molar-refractivity contribution in [2.45, 2.75) is 39.0 Å². The number of hydrogen-bond donors (Lipinski definition) is 0. The van der Waals surface area contributed by atoms with Crippen LogP contribution in [0, 0.1) is 0 Å². The molecule has 1 aliphatic carbocycles. The molecule has 1 aliphatic rings. The predicted octanol–water partition coefficient (Wildman–Crippen LogP) is 6.30. The zero-order valence-electron chi connectivity index (χ0n) is 15.3. The summed E-state index contributed by atoms with van der Waals surface area (Å²) in [6.45, 7) is 6.31. The summed E-state index contributed by atoms with van der Waals surface area (Å²) in [6, 6.07) is 19.2. The second kappa shape index (κ2) is 8.54. The molecule has 0 aliphatic heterocycles. The number of allylic oxidation sites excluding steroid dienone is 4. The molecule has 24 heavy (non-hydrogen) atoms. The van der Waals surface area contributed by atoms with E-state index in [0.29, 0.717) is 0 Å². The van der Waals surface area contributed by atoms with Gasteiger partial charge < -0.3 is 4.74 Å². The summed E-state index contributed by atoms with van der Waals surface area (Å²) in [5.41, 5.74) is 3.84. The molecule has 1 unspecified atom stereocenters. The van der Waals surface area contributed by atoms with Crippen LogP contribution in [0.4, 0.5) is 0 Å². The molecule has 0 saturated heterocycles. The third-order valence-corrected chi connectivity index (χ3v) is 4.59. The molecular formula is C23H28O. The van der Waals surface area contributed by atoms with Crippen LogP contribution in [0.1, 0.15) is 44.7 Å². The largest absolute Gasteiger partial charge is 0.497 e. The summed E-state index contributed by atoms with van der Waals surface area (Å²) >= 11 is 0. The highest BCUT2D eigenvalue weighted by molar-refractivity contribution is 5.52. The Labute approximate surface area is 146 Å². The molecule has 1 heteroatoms. The van der Waals surface area contributed by atoms with E-state index in [1.54, 1.807) is 7.11 Å². The summed E-state index contributed by atoms with van der Waals surface area (Å²) in [6.07, 6.45) is 9.18. The second-order valence-corrected chi connectivity index (χ2v) is 5.86. The van der Waals surface area contributed by atoms with Crippen LogP contribution in [0.5, 0.6) is 5.75 Å². The molecule has 2 aromatic rings. The summed E-state index contributed by atoms with van der Waals surface area (Å²) in [7, 11) is 1.71. The third-order valence-electron chi connectivity index (χ3n) is 4.59. The van der Waals surface area contributed by atoms with Crippen LogP contribution in [-0.4, -0.2) is 7.11 Å². The second-order valence-electron chi connectivity index (χ2n) is 5.86. The van der Waals surface area contributed by atoms with Gasteiger partial charge in [0.2, 0.25) is 0 Å². The molecule has 2 aromatic carbocycles. The van der Waals surface area contributed by atoms with E-state index in [2.05, 4.69) is 67.6 Å². The van der Waals surface area contributed by atoms with E-state index in [9.17, 15) is 0 Å². The molecule has 0 spiro atoms. The monoisotopic (exact) mass is 320 g/mol. The Bertz CT molecular complexity index is 680. The van der Waals surface area contributed by atoms with Crippen LogP contribution in [0.3, 0.4) is 0 Å². The molecule has 126 valence electrons. The molecular weight excluding hydrogens is 292 g/mol. The van der Waals surface area contributed by atoms with Gasteiger partial charge in [-0.1, -0.05) is 74.5 Å². The normalized spacial score (nSPS) is 15.6. The van der Waals surface area contributed by atoms with Gasteiger partial charge in [-0.05, 0) is 48.6 Å².